The molecule has 8 nitrogen and oxygen atoms in total. The summed E-state index contributed by atoms with van der Waals surface area (Å²) < 4.78 is 2.70. The number of halogens is 3. The number of nitrogens with one attached hydrogen (secondary N) is 1. The van der Waals surface area contributed by atoms with Gasteiger partial charge in [0.25, 0.3) is 0 Å². The Balaban J connectivity index is 1.69. The Labute approximate surface area is 168 Å². The highest BCUT2D eigenvalue weighted by Crippen LogP contribution is 2.26. The standard InChI is InChI=1S/C16H12Cl3N5O3/c17-10-2-1-3-11(18)9(10)6-24-7-12(19)15(22-24)20-14(25)8-23-5-4-13(21-23)16(26)27/h1-5,7H,6,8H2,(H,26,27)(H,20,22,25). The van der Waals surface area contributed by atoms with E-state index < -0.39 is 11.9 Å². The first-order valence-corrected chi connectivity index (χ1v) is 8.69. The summed E-state index contributed by atoms with van der Waals surface area (Å²) in [7, 11) is 0. The maximum Gasteiger partial charge on any atom is 0.356 e. The zero-order chi connectivity index (χ0) is 19.6. The molecule has 3 rings (SSSR count). The van der Waals surface area contributed by atoms with Crippen molar-refractivity contribution >= 4 is 52.5 Å². The largest absolute Gasteiger partial charge is 0.476 e. The zero-order valence-corrected chi connectivity index (χ0v) is 15.8. The normalized spacial score (nSPS) is 10.8. The van der Waals surface area contributed by atoms with Crippen LogP contribution in [0.3, 0.4) is 0 Å². The minimum atomic E-state index is -1.17. The number of rotatable bonds is 6. The number of aromatic nitrogens is 4. The summed E-state index contributed by atoms with van der Waals surface area (Å²) >= 11 is 18.4. The van der Waals surface area contributed by atoms with Crippen molar-refractivity contribution < 1.29 is 14.7 Å². The van der Waals surface area contributed by atoms with Gasteiger partial charge in [-0.2, -0.15) is 10.2 Å². The summed E-state index contributed by atoms with van der Waals surface area (Å²) in [5, 5.41) is 20.6. The molecule has 2 N–H and O–H groups in total. The highest BCUT2D eigenvalue weighted by Gasteiger charge is 2.14. The lowest BCUT2D eigenvalue weighted by Crippen LogP contribution is -2.20. The van der Waals surface area contributed by atoms with Crippen LogP contribution in [-0.4, -0.2) is 36.5 Å². The molecule has 0 saturated heterocycles. The molecule has 2 heterocycles. The van der Waals surface area contributed by atoms with Crippen molar-refractivity contribution in [3.8, 4) is 0 Å². The van der Waals surface area contributed by atoms with Gasteiger partial charge in [0.05, 0.1) is 6.54 Å². The number of aromatic carboxylic acids is 1. The van der Waals surface area contributed by atoms with Crippen molar-refractivity contribution in [1.82, 2.24) is 19.6 Å². The van der Waals surface area contributed by atoms with Crippen LogP contribution in [0.1, 0.15) is 16.1 Å². The van der Waals surface area contributed by atoms with Gasteiger partial charge in [-0.1, -0.05) is 40.9 Å². The second-order valence-electron chi connectivity index (χ2n) is 5.48. The second-order valence-corrected chi connectivity index (χ2v) is 6.70. The lowest BCUT2D eigenvalue weighted by Gasteiger charge is -2.07. The molecule has 0 unspecified atom stereocenters. The van der Waals surface area contributed by atoms with E-state index in [0.29, 0.717) is 15.6 Å². The third-order valence-corrected chi connectivity index (χ3v) is 4.51. The Morgan fingerprint density at radius 3 is 2.37 bits per heavy atom. The molecule has 1 amide bonds. The number of benzene rings is 1. The molecule has 0 aliphatic carbocycles. The minimum absolute atomic E-state index is 0.151. The molecule has 11 heteroatoms. The molecule has 0 aliphatic heterocycles. The maximum atomic E-state index is 12.1. The quantitative estimate of drug-likeness (QED) is 0.626. The average Bonchev–Trinajstić information content (AvgIpc) is 3.18. The van der Waals surface area contributed by atoms with E-state index in [4.69, 9.17) is 39.9 Å². The van der Waals surface area contributed by atoms with Crippen molar-refractivity contribution in [3.63, 3.8) is 0 Å². The summed E-state index contributed by atoms with van der Waals surface area (Å²) in [5.74, 6) is -1.47. The van der Waals surface area contributed by atoms with Crippen LogP contribution in [0.2, 0.25) is 15.1 Å². The van der Waals surface area contributed by atoms with Crippen LogP contribution in [0.15, 0.2) is 36.7 Å². The van der Waals surface area contributed by atoms with E-state index >= 15 is 0 Å². The van der Waals surface area contributed by atoms with E-state index in [0.717, 1.165) is 0 Å². The van der Waals surface area contributed by atoms with Gasteiger partial charge in [0.2, 0.25) is 5.91 Å². The number of hydrogen-bond acceptors (Lipinski definition) is 4. The topological polar surface area (TPSA) is 102 Å². The molecule has 27 heavy (non-hydrogen) atoms. The van der Waals surface area contributed by atoms with Crippen molar-refractivity contribution in [2.75, 3.05) is 5.32 Å². The molecule has 0 fully saturated rings. The summed E-state index contributed by atoms with van der Waals surface area (Å²) in [6, 6.07) is 6.46. The van der Waals surface area contributed by atoms with E-state index in [1.165, 1.54) is 27.8 Å². The van der Waals surface area contributed by atoms with Crippen LogP contribution in [0.25, 0.3) is 0 Å². The van der Waals surface area contributed by atoms with E-state index in [9.17, 15) is 9.59 Å². The van der Waals surface area contributed by atoms with Gasteiger partial charge in [-0.05, 0) is 18.2 Å². The second kappa shape index (κ2) is 7.99. The Hall–Kier alpha value is -2.55. The fourth-order valence-corrected chi connectivity index (χ4v) is 3.01. The van der Waals surface area contributed by atoms with E-state index in [1.54, 1.807) is 18.2 Å². The first-order valence-electron chi connectivity index (χ1n) is 7.56. The average molecular weight is 429 g/mol. The van der Waals surface area contributed by atoms with Crippen LogP contribution in [0, 0.1) is 0 Å². The molecule has 0 bridgehead atoms. The monoisotopic (exact) mass is 427 g/mol. The van der Waals surface area contributed by atoms with Gasteiger partial charge in [-0.3, -0.25) is 14.2 Å². The fraction of sp³-hybridized carbons (Fsp3) is 0.125. The molecular formula is C16H12Cl3N5O3. The number of carbonyl (C=O) groups is 2. The SMILES string of the molecule is O=C(Cn1ccc(C(=O)O)n1)Nc1nn(Cc2c(Cl)cccc2Cl)cc1Cl. The highest BCUT2D eigenvalue weighted by atomic mass is 35.5. The smallest absolute Gasteiger partial charge is 0.356 e. The Morgan fingerprint density at radius 1 is 1.04 bits per heavy atom. The summed E-state index contributed by atoms with van der Waals surface area (Å²) in [6.45, 7) is 0.0854. The molecule has 140 valence electrons. The molecule has 0 saturated carbocycles. The predicted molar refractivity (Wildman–Crippen MR) is 101 cm³/mol. The summed E-state index contributed by atoms with van der Waals surface area (Å²) in [6.07, 6.45) is 2.93. The Kier molecular flexibility index (Phi) is 5.69. The van der Waals surface area contributed by atoms with Gasteiger partial charge in [0.15, 0.2) is 11.5 Å². The molecule has 3 aromatic rings. The van der Waals surface area contributed by atoms with Gasteiger partial charge in [0.1, 0.15) is 11.6 Å². The van der Waals surface area contributed by atoms with Crippen LogP contribution >= 0.6 is 34.8 Å². The van der Waals surface area contributed by atoms with Crippen LogP contribution in [0.4, 0.5) is 5.82 Å². The predicted octanol–water partition coefficient (Wildman–Crippen LogP) is 3.43. The minimum Gasteiger partial charge on any atom is -0.476 e. The Morgan fingerprint density at radius 2 is 1.74 bits per heavy atom. The van der Waals surface area contributed by atoms with Crippen molar-refractivity contribution in [3.05, 3.63) is 63.0 Å². The third kappa shape index (κ3) is 4.60. The van der Waals surface area contributed by atoms with E-state index in [2.05, 4.69) is 15.5 Å². The number of nitrogens with zero attached hydrogens (tertiary/aromatic N) is 4. The number of carbonyl (C=O) groups excluding carboxylic acids is 1. The van der Waals surface area contributed by atoms with Crippen molar-refractivity contribution in [2.45, 2.75) is 13.1 Å². The third-order valence-electron chi connectivity index (χ3n) is 3.52. The van der Waals surface area contributed by atoms with Gasteiger partial charge < -0.3 is 10.4 Å². The molecule has 0 atom stereocenters. The molecule has 1 aromatic carbocycles. The van der Waals surface area contributed by atoms with Crippen LogP contribution in [0.5, 0.6) is 0 Å². The Bertz CT molecular complexity index is 994. The van der Waals surface area contributed by atoms with Gasteiger partial charge in [-0.25, -0.2) is 4.79 Å². The summed E-state index contributed by atoms with van der Waals surface area (Å²) in [5.41, 5.74) is 0.525. The number of carboxylic acids is 1. The molecular weight excluding hydrogens is 417 g/mol. The molecule has 0 spiro atoms. The van der Waals surface area contributed by atoms with E-state index in [-0.39, 0.29) is 29.6 Å². The fourth-order valence-electron chi connectivity index (χ4n) is 2.29. The maximum absolute atomic E-state index is 12.1. The van der Waals surface area contributed by atoms with Gasteiger partial charge in [0, 0.05) is 28.0 Å². The molecule has 0 radical (unpaired) electrons. The molecule has 0 aliphatic rings. The zero-order valence-electron chi connectivity index (χ0n) is 13.6. The first-order chi connectivity index (χ1) is 12.8. The van der Waals surface area contributed by atoms with Crippen molar-refractivity contribution in [2.24, 2.45) is 0 Å². The lowest BCUT2D eigenvalue weighted by molar-refractivity contribution is -0.116. The number of amides is 1. The van der Waals surface area contributed by atoms with Gasteiger partial charge in [-0.15, -0.1) is 0 Å². The first kappa shape index (κ1) is 19.2. The highest BCUT2D eigenvalue weighted by molar-refractivity contribution is 6.36. The summed E-state index contributed by atoms with van der Waals surface area (Å²) in [4.78, 5) is 22.9. The van der Waals surface area contributed by atoms with Gasteiger partial charge >= 0.3 is 5.97 Å². The van der Waals surface area contributed by atoms with Crippen LogP contribution < -0.4 is 5.32 Å². The van der Waals surface area contributed by atoms with Crippen LogP contribution in [-0.2, 0) is 17.9 Å². The number of anilines is 1. The van der Waals surface area contributed by atoms with Crippen molar-refractivity contribution in [1.29, 1.82) is 0 Å². The molecule has 2 aromatic heterocycles. The van der Waals surface area contributed by atoms with E-state index in [1.807, 2.05) is 0 Å². The number of carboxylic acid groups (broad SMARTS) is 1. The number of hydrogen-bond donors (Lipinski definition) is 2. The lowest BCUT2D eigenvalue weighted by atomic mass is 10.2.